The van der Waals surface area contributed by atoms with E-state index in [0.29, 0.717) is 0 Å². The predicted molar refractivity (Wildman–Crippen MR) is 232 cm³/mol. The van der Waals surface area contributed by atoms with E-state index >= 15 is 0 Å². The summed E-state index contributed by atoms with van der Waals surface area (Å²) in [5, 5.41) is 17.6. The van der Waals surface area contributed by atoms with Crippen LogP contribution in [0.5, 0.6) is 0 Å². The van der Waals surface area contributed by atoms with E-state index in [2.05, 4.69) is 217 Å². The third-order valence-electron chi connectivity index (χ3n) is 10.6. The number of hydrogen-bond acceptors (Lipinski definition) is 2. The molecule has 0 aliphatic heterocycles. The summed E-state index contributed by atoms with van der Waals surface area (Å²) < 4.78 is 0. The normalized spacial score (nSPS) is 11.3. The van der Waals surface area contributed by atoms with Crippen molar-refractivity contribution in [3.05, 3.63) is 206 Å². The number of nitrogens with one attached hydrogen (secondary N) is 2. The molecule has 2 nitrogen and oxygen atoms in total. The van der Waals surface area contributed by atoms with Crippen LogP contribution in [0.1, 0.15) is 0 Å². The van der Waals surface area contributed by atoms with Gasteiger partial charge in [0.15, 0.2) is 0 Å². The fourth-order valence-electron chi connectivity index (χ4n) is 8.01. The van der Waals surface area contributed by atoms with Crippen LogP contribution in [0.2, 0.25) is 0 Å². The van der Waals surface area contributed by atoms with Crippen molar-refractivity contribution < 1.29 is 0 Å². The Morgan fingerprint density at radius 3 is 1.00 bits per heavy atom. The maximum atomic E-state index is 3.73. The predicted octanol–water partition coefficient (Wildman–Crippen LogP) is 14.8. The lowest BCUT2D eigenvalue weighted by molar-refractivity contribution is 1.52. The smallest absolute Gasteiger partial charge is 0.0464 e. The molecule has 0 fully saturated rings. The lowest BCUT2D eigenvalue weighted by Gasteiger charge is -2.16. The van der Waals surface area contributed by atoms with E-state index in [1.54, 1.807) is 0 Å². The molecular weight excluding hydrogens is 653 g/mol. The van der Waals surface area contributed by atoms with E-state index in [1.807, 2.05) is 0 Å². The number of rotatable bonds is 7. The van der Waals surface area contributed by atoms with Crippen LogP contribution in [0.25, 0.3) is 76.5 Å². The fourth-order valence-corrected chi connectivity index (χ4v) is 8.01. The van der Waals surface area contributed by atoms with Crippen LogP contribution in [0, 0.1) is 0 Å². The van der Waals surface area contributed by atoms with Crippen LogP contribution in [0.3, 0.4) is 0 Å². The molecule has 0 aromatic heterocycles. The van der Waals surface area contributed by atoms with Gasteiger partial charge in [0.2, 0.25) is 0 Å². The fraction of sp³-hybridized carbons (Fsp3) is 0. The van der Waals surface area contributed by atoms with E-state index in [0.717, 1.165) is 22.7 Å². The summed E-state index contributed by atoms with van der Waals surface area (Å²) in [5.41, 5.74) is 11.4. The van der Waals surface area contributed by atoms with Crippen LogP contribution >= 0.6 is 0 Å². The first kappa shape index (κ1) is 31.6. The molecule has 10 rings (SSSR count). The van der Waals surface area contributed by atoms with Gasteiger partial charge in [0, 0.05) is 33.9 Å². The summed E-state index contributed by atoms with van der Waals surface area (Å²) in [6.07, 6.45) is 0. The molecule has 2 N–H and O–H groups in total. The molecule has 0 amide bonds. The Balaban J connectivity index is 0.911. The highest BCUT2D eigenvalue weighted by Crippen LogP contribution is 2.41. The summed E-state index contributed by atoms with van der Waals surface area (Å²) in [7, 11) is 0. The average Bonchev–Trinajstić information content (AvgIpc) is 3.24. The van der Waals surface area contributed by atoms with Gasteiger partial charge in [-0.2, -0.15) is 0 Å². The summed E-state index contributed by atoms with van der Waals surface area (Å²) >= 11 is 0. The molecule has 0 heterocycles. The minimum Gasteiger partial charge on any atom is -0.355 e. The first-order valence-electron chi connectivity index (χ1n) is 18.5. The van der Waals surface area contributed by atoms with Crippen molar-refractivity contribution in [3.8, 4) is 33.4 Å². The molecule has 0 bridgehead atoms. The lowest BCUT2D eigenvalue weighted by Crippen LogP contribution is -1.95. The Kier molecular flexibility index (Phi) is 7.85. The van der Waals surface area contributed by atoms with Gasteiger partial charge in [0.05, 0.1) is 0 Å². The van der Waals surface area contributed by atoms with Gasteiger partial charge < -0.3 is 10.6 Å². The lowest BCUT2D eigenvalue weighted by atomic mass is 9.92. The van der Waals surface area contributed by atoms with Gasteiger partial charge in [-0.1, -0.05) is 158 Å². The Morgan fingerprint density at radius 1 is 0.241 bits per heavy atom. The minimum atomic E-state index is 1.05. The van der Waals surface area contributed by atoms with Crippen LogP contribution < -0.4 is 10.6 Å². The zero-order valence-electron chi connectivity index (χ0n) is 29.6. The molecular formula is C52H36N2. The second-order valence-corrected chi connectivity index (χ2v) is 13.9. The highest BCUT2D eigenvalue weighted by molar-refractivity contribution is 6.16. The second-order valence-electron chi connectivity index (χ2n) is 13.9. The van der Waals surface area contributed by atoms with Crippen molar-refractivity contribution in [1.29, 1.82) is 0 Å². The van der Waals surface area contributed by atoms with Crippen molar-refractivity contribution in [3.63, 3.8) is 0 Å². The van der Waals surface area contributed by atoms with Crippen molar-refractivity contribution in [2.75, 3.05) is 10.6 Å². The van der Waals surface area contributed by atoms with E-state index in [1.165, 1.54) is 76.5 Å². The summed E-state index contributed by atoms with van der Waals surface area (Å²) in [6.45, 7) is 0. The van der Waals surface area contributed by atoms with Crippen molar-refractivity contribution >= 4 is 65.8 Å². The first-order valence-corrected chi connectivity index (χ1v) is 18.5. The van der Waals surface area contributed by atoms with Crippen LogP contribution in [-0.2, 0) is 0 Å². The summed E-state index contributed by atoms with van der Waals surface area (Å²) in [5.74, 6) is 0. The summed E-state index contributed by atoms with van der Waals surface area (Å²) in [6, 6.07) is 74.0. The van der Waals surface area contributed by atoms with Gasteiger partial charge in [-0.15, -0.1) is 0 Å². The van der Waals surface area contributed by atoms with E-state index in [4.69, 9.17) is 0 Å². The van der Waals surface area contributed by atoms with Gasteiger partial charge >= 0.3 is 0 Å². The molecule has 0 radical (unpaired) electrons. The Hall–Kier alpha value is -7.16. The molecule has 0 aliphatic rings. The highest BCUT2D eigenvalue weighted by Gasteiger charge is 2.14. The number of anilines is 4. The third kappa shape index (κ3) is 5.71. The quantitative estimate of drug-likeness (QED) is 0.163. The molecule has 0 aliphatic carbocycles. The number of fused-ring (bicyclic) bond motifs is 6. The van der Waals surface area contributed by atoms with Gasteiger partial charge in [0.25, 0.3) is 0 Å². The molecule has 0 spiro atoms. The van der Waals surface area contributed by atoms with Gasteiger partial charge in [-0.05, 0) is 114 Å². The molecule has 0 unspecified atom stereocenters. The van der Waals surface area contributed by atoms with Crippen LogP contribution in [0.4, 0.5) is 22.7 Å². The van der Waals surface area contributed by atoms with E-state index in [9.17, 15) is 0 Å². The van der Waals surface area contributed by atoms with Crippen molar-refractivity contribution in [2.24, 2.45) is 0 Å². The third-order valence-corrected chi connectivity index (χ3v) is 10.6. The SMILES string of the molecule is c1ccc(-c2cc3ccccc3c3ccccc23)c(Nc2ccc(-c3ccc(Nc4ccccc4-c4cc5ccccc5c5ccccc45)cc3)cc2)c1. The topological polar surface area (TPSA) is 24.1 Å². The second kappa shape index (κ2) is 13.4. The van der Waals surface area contributed by atoms with Gasteiger partial charge in [-0.3, -0.25) is 0 Å². The zero-order valence-corrected chi connectivity index (χ0v) is 29.6. The van der Waals surface area contributed by atoms with Gasteiger partial charge in [0.1, 0.15) is 0 Å². The highest BCUT2D eigenvalue weighted by atomic mass is 14.9. The zero-order chi connectivity index (χ0) is 35.8. The van der Waals surface area contributed by atoms with Crippen LogP contribution in [-0.4, -0.2) is 0 Å². The number of para-hydroxylation sites is 2. The first-order chi connectivity index (χ1) is 26.8. The minimum absolute atomic E-state index is 1.05. The molecule has 0 saturated carbocycles. The average molecular weight is 689 g/mol. The van der Waals surface area contributed by atoms with Crippen LogP contribution in [0.15, 0.2) is 206 Å². The van der Waals surface area contributed by atoms with Crippen molar-refractivity contribution in [1.82, 2.24) is 0 Å². The molecule has 0 saturated heterocycles. The molecule has 2 heteroatoms. The van der Waals surface area contributed by atoms with E-state index < -0.39 is 0 Å². The number of benzene rings is 10. The molecule has 10 aromatic carbocycles. The summed E-state index contributed by atoms with van der Waals surface area (Å²) in [4.78, 5) is 0. The van der Waals surface area contributed by atoms with E-state index in [-0.39, 0.29) is 0 Å². The van der Waals surface area contributed by atoms with Crippen molar-refractivity contribution in [2.45, 2.75) is 0 Å². The standard InChI is InChI=1S/C52H36N2/c1-3-15-41-37(13-1)33-49(45-19-7-5-17-43(41)45)47-21-9-11-23-51(47)53-39-29-25-35(26-30-39)36-27-31-40(32-28-36)54-52-24-12-10-22-48(52)50-34-38-14-2-4-16-42(38)44-18-6-8-20-46(44)50/h1-34,53-54H. The Labute approximate surface area is 315 Å². The molecule has 54 heavy (non-hydrogen) atoms. The largest absolute Gasteiger partial charge is 0.355 e. The Morgan fingerprint density at radius 2 is 0.574 bits per heavy atom. The Bertz CT molecular complexity index is 2770. The maximum Gasteiger partial charge on any atom is 0.0464 e. The van der Waals surface area contributed by atoms with Gasteiger partial charge in [-0.25, -0.2) is 0 Å². The molecule has 0 atom stereocenters. The number of hydrogen-bond donors (Lipinski definition) is 2. The monoisotopic (exact) mass is 688 g/mol. The molecule has 254 valence electrons. The maximum absolute atomic E-state index is 3.73. The molecule has 10 aromatic rings.